The molecule has 114 valence electrons. The van der Waals surface area contributed by atoms with Gasteiger partial charge in [-0.15, -0.1) is 0 Å². The molecule has 8 nitrogen and oxygen atoms in total. The van der Waals surface area contributed by atoms with Gasteiger partial charge in [-0.25, -0.2) is 0 Å². The average Bonchev–Trinajstić information content (AvgIpc) is 2.55. The Morgan fingerprint density at radius 3 is 0.810 bits per heavy atom. The van der Waals surface area contributed by atoms with Gasteiger partial charge in [0.1, 0.15) is 22.8 Å². The Hall–Kier alpha value is -2.50. The van der Waals surface area contributed by atoms with Crippen LogP contribution in [0, 0.1) is 0 Å². The molecule has 0 aromatic carbocycles. The quantitative estimate of drug-likeness (QED) is 0.219. The van der Waals surface area contributed by atoms with E-state index in [0.29, 0.717) is 0 Å². The van der Waals surface area contributed by atoms with Gasteiger partial charge in [0, 0.05) is 20.4 Å². The summed E-state index contributed by atoms with van der Waals surface area (Å²) >= 11 is 0. The van der Waals surface area contributed by atoms with E-state index in [1.165, 1.54) is 24.3 Å². The first-order valence-corrected chi connectivity index (χ1v) is 5.35. The molecule has 0 saturated carbocycles. The smallest absolute Gasteiger partial charge is 0.131 e. The number of hydrogen-bond acceptors (Lipinski definition) is 8. The molecular formula is C12H12N4O4Pd. The van der Waals surface area contributed by atoms with Crippen molar-refractivity contribution in [1.82, 2.24) is 0 Å². The summed E-state index contributed by atoms with van der Waals surface area (Å²) < 4.78 is 0. The van der Waals surface area contributed by atoms with Crippen LogP contribution in [0.4, 0.5) is 0 Å². The van der Waals surface area contributed by atoms with Crippen LogP contribution in [0.25, 0.3) is 0 Å². The van der Waals surface area contributed by atoms with Gasteiger partial charge in [0.15, 0.2) is 0 Å². The Morgan fingerprint density at radius 2 is 0.667 bits per heavy atom. The number of allylic oxidation sites excluding steroid dienone is 8. The molecule has 2 rings (SSSR count). The minimum absolute atomic E-state index is 0. The maximum atomic E-state index is 8.30. The third-order valence-electron chi connectivity index (χ3n) is 2.19. The van der Waals surface area contributed by atoms with Crippen LogP contribution in [0.1, 0.15) is 0 Å². The van der Waals surface area contributed by atoms with Crippen LogP contribution >= 0.6 is 0 Å². The zero-order valence-electron chi connectivity index (χ0n) is 10.5. The minimum atomic E-state index is 0. The monoisotopic (exact) mass is 382 g/mol. The summed E-state index contributed by atoms with van der Waals surface area (Å²) in [6.45, 7) is 0. The molecule has 9 heteroatoms. The van der Waals surface area contributed by atoms with Gasteiger partial charge in [0.25, 0.3) is 0 Å². The molecule has 0 amide bonds. The summed E-state index contributed by atoms with van der Waals surface area (Å²) in [6, 6.07) is 0. The van der Waals surface area contributed by atoms with E-state index in [1.807, 2.05) is 0 Å². The molecule has 0 heterocycles. The SMILES string of the molecule is ON=C1C=CC=CC1=NO.ON=C1C=CC=CC1=NO.[Pd]. The van der Waals surface area contributed by atoms with Crippen molar-refractivity contribution in [3.8, 4) is 0 Å². The van der Waals surface area contributed by atoms with Crippen LogP contribution in [0.3, 0.4) is 0 Å². The maximum absolute atomic E-state index is 8.30. The maximum Gasteiger partial charge on any atom is 0.131 e. The van der Waals surface area contributed by atoms with Gasteiger partial charge < -0.3 is 20.8 Å². The summed E-state index contributed by atoms with van der Waals surface area (Å²) in [5, 5.41) is 44.8. The van der Waals surface area contributed by atoms with Crippen LogP contribution in [0.15, 0.2) is 69.2 Å². The van der Waals surface area contributed by atoms with Crippen LogP contribution < -0.4 is 0 Å². The molecule has 0 saturated heterocycles. The molecule has 0 unspecified atom stereocenters. The van der Waals surface area contributed by atoms with E-state index >= 15 is 0 Å². The van der Waals surface area contributed by atoms with Crippen molar-refractivity contribution in [3.05, 3.63) is 48.6 Å². The Bertz CT molecular complexity index is 482. The fraction of sp³-hybridized carbons (Fsp3) is 0. The van der Waals surface area contributed by atoms with E-state index in [-0.39, 0.29) is 43.3 Å². The zero-order valence-corrected chi connectivity index (χ0v) is 12.1. The number of rotatable bonds is 0. The topological polar surface area (TPSA) is 130 Å². The Labute approximate surface area is 133 Å². The molecule has 2 aliphatic carbocycles. The number of oxime groups is 4. The van der Waals surface area contributed by atoms with Crippen molar-refractivity contribution < 1.29 is 41.3 Å². The minimum Gasteiger partial charge on any atom is -0.410 e. The molecule has 0 fully saturated rings. The van der Waals surface area contributed by atoms with Crippen molar-refractivity contribution in [2.24, 2.45) is 20.6 Å². The average molecular weight is 383 g/mol. The molecule has 0 radical (unpaired) electrons. The molecule has 0 bridgehead atoms. The summed E-state index contributed by atoms with van der Waals surface area (Å²) in [6.07, 6.45) is 12.9. The summed E-state index contributed by atoms with van der Waals surface area (Å²) in [5.74, 6) is 0. The first kappa shape index (κ1) is 18.5. The standard InChI is InChI=1S/2C6H6N2O2.Pd/c2*9-7-5-3-1-2-4-6(5)8-10;/h2*1-4,9-10H;. The van der Waals surface area contributed by atoms with Crippen molar-refractivity contribution in [2.45, 2.75) is 0 Å². The van der Waals surface area contributed by atoms with Gasteiger partial charge in [0.05, 0.1) is 0 Å². The van der Waals surface area contributed by atoms with Crippen molar-refractivity contribution in [2.75, 3.05) is 0 Å². The molecule has 0 atom stereocenters. The van der Waals surface area contributed by atoms with Crippen molar-refractivity contribution >= 4 is 22.8 Å². The van der Waals surface area contributed by atoms with E-state index < -0.39 is 0 Å². The summed E-state index contributed by atoms with van der Waals surface area (Å²) in [7, 11) is 0. The summed E-state index contributed by atoms with van der Waals surface area (Å²) in [4.78, 5) is 0. The van der Waals surface area contributed by atoms with Crippen LogP contribution in [0.5, 0.6) is 0 Å². The second-order valence-corrected chi connectivity index (χ2v) is 3.38. The first-order valence-electron chi connectivity index (χ1n) is 5.35. The zero-order chi connectivity index (χ0) is 14.8. The molecule has 2 aliphatic rings. The summed E-state index contributed by atoms with van der Waals surface area (Å²) in [5.41, 5.74) is 1.02. The third kappa shape index (κ3) is 5.56. The Balaban J connectivity index is 0.000000364. The van der Waals surface area contributed by atoms with Crippen molar-refractivity contribution in [1.29, 1.82) is 0 Å². The van der Waals surface area contributed by atoms with Gasteiger partial charge in [-0.05, 0) is 24.3 Å². The van der Waals surface area contributed by atoms with Gasteiger partial charge in [-0.3, -0.25) is 0 Å². The normalized spacial score (nSPS) is 23.2. The number of hydrogen-bond donors (Lipinski definition) is 4. The van der Waals surface area contributed by atoms with E-state index in [9.17, 15) is 0 Å². The fourth-order valence-corrected chi connectivity index (χ4v) is 1.27. The van der Waals surface area contributed by atoms with Crippen LogP contribution in [0.2, 0.25) is 0 Å². The second-order valence-electron chi connectivity index (χ2n) is 3.38. The van der Waals surface area contributed by atoms with Crippen molar-refractivity contribution in [3.63, 3.8) is 0 Å². The van der Waals surface area contributed by atoms with Crippen LogP contribution in [-0.4, -0.2) is 43.7 Å². The fourth-order valence-electron chi connectivity index (χ4n) is 1.27. The molecule has 4 N–H and O–H groups in total. The predicted octanol–water partition coefficient (Wildman–Crippen LogP) is 1.54. The molecule has 0 aromatic rings. The Kier molecular flexibility index (Phi) is 9.08. The van der Waals surface area contributed by atoms with E-state index in [2.05, 4.69) is 20.6 Å². The van der Waals surface area contributed by atoms with Gasteiger partial charge in [-0.2, -0.15) is 0 Å². The van der Waals surface area contributed by atoms with Gasteiger partial charge in [-0.1, -0.05) is 44.9 Å². The predicted molar refractivity (Wildman–Crippen MR) is 73.4 cm³/mol. The molecule has 21 heavy (non-hydrogen) atoms. The van der Waals surface area contributed by atoms with Gasteiger partial charge >= 0.3 is 0 Å². The second kappa shape index (κ2) is 10.3. The van der Waals surface area contributed by atoms with E-state index in [1.54, 1.807) is 24.3 Å². The first-order chi connectivity index (χ1) is 9.76. The van der Waals surface area contributed by atoms with Gasteiger partial charge in [0.2, 0.25) is 0 Å². The van der Waals surface area contributed by atoms with Crippen LogP contribution in [-0.2, 0) is 20.4 Å². The third-order valence-corrected chi connectivity index (χ3v) is 2.19. The Morgan fingerprint density at radius 1 is 0.476 bits per heavy atom. The molecular weight excluding hydrogens is 371 g/mol. The molecule has 0 aliphatic heterocycles. The molecule has 0 aromatic heterocycles. The van der Waals surface area contributed by atoms with E-state index in [4.69, 9.17) is 20.8 Å². The largest absolute Gasteiger partial charge is 0.410 e. The van der Waals surface area contributed by atoms with E-state index in [0.717, 1.165) is 0 Å². The molecule has 0 spiro atoms. The number of nitrogens with zero attached hydrogens (tertiary/aromatic N) is 4.